The van der Waals surface area contributed by atoms with Crippen LogP contribution >= 0.6 is 0 Å². The molecule has 7 nitrogen and oxygen atoms in total. The molecule has 2 aromatic carbocycles. The van der Waals surface area contributed by atoms with Crippen molar-refractivity contribution >= 4 is 34.3 Å². The van der Waals surface area contributed by atoms with Crippen LogP contribution in [0.3, 0.4) is 0 Å². The van der Waals surface area contributed by atoms with E-state index in [2.05, 4.69) is 77.7 Å². The molecule has 1 aromatic heterocycles. The fourth-order valence-electron chi connectivity index (χ4n) is 6.55. The third-order valence-corrected chi connectivity index (χ3v) is 9.30. The van der Waals surface area contributed by atoms with E-state index in [4.69, 9.17) is 4.98 Å². The number of nitrogens with zero attached hydrogens (tertiary/aromatic N) is 4. The van der Waals surface area contributed by atoms with Crippen LogP contribution in [-0.2, 0) is 6.54 Å². The standard InChI is InChI=1S/C36H54N6O/c1-28(2)17-25-41(26-18-29(3)4)35(43)30-11-16-33-34(27-30)42(24-10-21-39-19-8-9-20-39)36(38-33)37-31-12-14-32(15-13-31)40-22-6-5-7-23-40/h11-16,27-29H,5-10,17-26H2,1-4H3,(H,37,38)/p+1. The fraction of sp³-hybridized carbons (Fsp3) is 0.611. The molecule has 3 heterocycles. The lowest BCUT2D eigenvalue weighted by Gasteiger charge is -2.28. The Kier molecular flexibility index (Phi) is 11.0. The van der Waals surface area contributed by atoms with Crippen LogP contribution in [0.5, 0.6) is 0 Å². The zero-order valence-corrected chi connectivity index (χ0v) is 27.2. The van der Waals surface area contributed by atoms with Gasteiger partial charge in [-0.3, -0.25) is 4.79 Å². The van der Waals surface area contributed by atoms with Gasteiger partial charge in [-0.25, -0.2) is 4.98 Å². The number of rotatable bonds is 14. The van der Waals surface area contributed by atoms with Gasteiger partial charge in [-0.1, -0.05) is 27.7 Å². The van der Waals surface area contributed by atoms with Crippen molar-refractivity contribution in [3.8, 4) is 0 Å². The van der Waals surface area contributed by atoms with E-state index in [-0.39, 0.29) is 5.91 Å². The van der Waals surface area contributed by atoms with E-state index in [0.29, 0.717) is 11.8 Å². The summed E-state index contributed by atoms with van der Waals surface area (Å²) in [6.07, 6.45) is 9.73. The van der Waals surface area contributed by atoms with Crippen molar-refractivity contribution in [1.29, 1.82) is 0 Å². The average Bonchev–Trinajstić information content (AvgIpc) is 3.65. The van der Waals surface area contributed by atoms with Crippen molar-refractivity contribution in [3.05, 3.63) is 48.0 Å². The molecule has 7 heteroatoms. The van der Waals surface area contributed by atoms with Crippen LogP contribution in [0.25, 0.3) is 11.0 Å². The number of aryl methyl sites for hydroxylation is 1. The van der Waals surface area contributed by atoms with Gasteiger partial charge in [0.1, 0.15) is 0 Å². The fourth-order valence-corrected chi connectivity index (χ4v) is 6.55. The molecule has 2 fully saturated rings. The van der Waals surface area contributed by atoms with Crippen LogP contribution in [0.2, 0.25) is 0 Å². The average molecular weight is 588 g/mol. The Hall–Kier alpha value is -3.06. The minimum atomic E-state index is 0.139. The summed E-state index contributed by atoms with van der Waals surface area (Å²) in [4.78, 5) is 25.2. The lowest BCUT2D eigenvalue weighted by Crippen LogP contribution is -3.10. The molecular weight excluding hydrogens is 532 g/mol. The van der Waals surface area contributed by atoms with Crippen LogP contribution < -0.4 is 15.1 Å². The number of amides is 1. The molecule has 1 amide bonds. The summed E-state index contributed by atoms with van der Waals surface area (Å²) < 4.78 is 2.31. The van der Waals surface area contributed by atoms with Crippen molar-refractivity contribution in [1.82, 2.24) is 14.5 Å². The number of quaternary nitrogens is 1. The maximum absolute atomic E-state index is 13.8. The molecule has 5 rings (SSSR count). The van der Waals surface area contributed by atoms with E-state index >= 15 is 0 Å². The molecule has 0 atom stereocenters. The summed E-state index contributed by atoms with van der Waals surface area (Å²) in [5.41, 5.74) is 5.10. The van der Waals surface area contributed by atoms with E-state index in [0.717, 1.165) is 80.2 Å². The highest BCUT2D eigenvalue weighted by Crippen LogP contribution is 2.27. The van der Waals surface area contributed by atoms with Gasteiger partial charge in [0.25, 0.3) is 5.91 Å². The Morgan fingerprint density at radius 3 is 2.23 bits per heavy atom. The van der Waals surface area contributed by atoms with Crippen LogP contribution in [0.15, 0.2) is 42.5 Å². The largest absolute Gasteiger partial charge is 0.372 e. The molecule has 0 saturated carbocycles. The maximum atomic E-state index is 13.8. The highest BCUT2D eigenvalue weighted by Gasteiger charge is 2.21. The summed E-state index contributed by atoms with van der Waals surface area (Å²) >= 11 is 0. The summed E-state index contributed by atoms with van der Waals surface area (Å²) in [5, 5.41) is 3.64. The van der Waals surface area contributed by atoms with E-state index < -0.39 is 0 Å². The molecular formula is C36H55N6O+. The lowest BCUT2D eigenvalue weighted by atomic mass is 10.1. The number of likely N-dealkylation sites (tertiary alicyclic amines) is 1. The van der Waals surface area contributed by atoms with Crippen LogP contribution in [0.4, 0.5) is 17.3 Å². The molecule has 2 aliphatic rings. The van der Waals surface area contributed by atoms with E-state index in [9.17, 15) is 4.79 Å². The Balaban J connectivity index is 1.39. The molecule has 0 bridgehead atoms. The molecule has 3 aromatic rings. The highest BCUT2D eigenvalue weighted by atomic mass is 16.2. The van der Waals surface area contributed by atoms with Crippen LogP contribution in [0, 0.1) is 11.8 Å². The zero-order chi connectivity index (χ0) is 30.2. The summed E-state index contributed by atoms with van der Waals surface area (Å²) in [6.45, 7) is 17.5. The molecule has 0 aliphatic carbocycles. The monoisotopic (exact) mass is 587 g/mol. The van der Waals surface area contributed by atoms with Gasteiger partial charge in [0.2, 0.25) is 5.95 Å². The minimum Gasteiger partial charge on any atom is -0.372 e. The number of fused-ring (bicyclic) bond motifs is 1. The second-order valence-electron chi connectivity index (χ2n) is 13.7. The van der Waals surface area contributed by atoms with Gasteiger partial charge in [-0.2, -0.15) is 0 Å². The lowest BCUT2D eigenvalue weighted by molar-refractivity contribution is -0.887. The molecule has 43 heavy (non-hydrogen) atoms. The Bertz CT molecular complexity index is 1290. The predicted octanol–water partition coefficient (Wildman–Crippen LogP) is 6.37. The molecule has 0 radical (unpaired) electrons. The van der Waals surface area contributed by atoms with Crippen LogP contribution in [-0.4, -0.2) is 66.2 Å². The number of hydrogen-bond donors (Lipinski definition) is 2. The van der Waals surface area contributed by atoms with Gasteiger partial charge in [-0.15, -0.1) is 0 Å². The van der Waals surface area contributed by atoms with Gasteiger partial charge in [0.05, 0.1) is 30.7 Å². The summed E-state index contributed by atoms with van der Waals surface area (Å²) in [5.74, 6) is 2.13. The summed E-state index contributed by atoms with van der Waals surface area (Å²) in [7, 11) is 0. The normalized spacial score (nSPS) is 16.1. The van der Waals surface area contributed by atoms with E-state index in [1.165, 1.54) is 57.4 Å². The Labute approximate surface area is 259 Å². The number of anilines is 3. The zero-order valence-electron chi connectivity index (χ0n) is 27.2. The van der Waals surface area contributed by atoms with Gasteiger partial charge >= 0.3 is 0 Å². The molecule has 0 spiro atoms. The number of nitrogens with one attached hydrogen (secondary N) is 2. The second kappa shape index (κ2) is 15.1. The van der Waals surface area contributed by atoms with Crippen molar-refractivity contribution in [2.45, 2.75) is 85.6 Å². The highest BCUT2D eigenvalue weighted by molar-refractivity contribution is 5.98. The minimum absolute atomic E-state index is 0.139. The maximum Gasteiger partial charge on any atom is 0.253 e. The third kappa shape index (κ3) is 8.53. The van der Waals surface area contributed by atoms with E-state index in [1.807, 2.05) is 12.1 Å². The first-order valence-electron chi connectivity index (χ1n) is 17.1. The number of carbonyl (C=O) groups excluding carboxylic acids is 1. The topological polar surface area (TPSA) is 57.8 Å². The number of imidazole rings is 1. The Morgan fingerprint density at radius 1 is 0.907 bits per heavy atom. The third-order valence-electron chi connectivity index (χ3n) is 9.30. The van der Waals surface area contributed by atoms with E-state index in [1.54, 1.807) is 4.90 Å². The van der Waals surface area contributed by atoms with Crippen molar-refractivity contribution in [2.75, 3.05) is 56.0 Å². The molecule has 234 valence electrons. The first kappa shape index (κ1) is 31.4. The van der Waals surface area contributed by atoms with Gasteiger partial charge in [0, 0.05) is 68.9 Å². The second-order valence-corrected chi connectivity index (χ2v) is 13.7. The number of carbonyl (C=O) groups is 1. The van der Waals surface area contributed by atoms with Crippen molar-refractivity contribution in [2.24, 2.45) is 11.8 Å². The number of aromatic nitrogens is 2. The predicted molar refractivity (Wildman–Crippen MR) is 180 cm³/mol. The van der Waals surface area contributed by atoms with Crippen molar-refractivity contribution in [3.63, 3.8) is 0 Å². The smallest absolute Gasteiger partial charge is 0.253 e. The first-order valence-corrected chi connectivity index (χ1v) is 17.1. The molecule has 2 saturated heterocycles. The SMILES string of the molecule is CC(C)CCN(CCC(C)C)C(=O)c1ccc2nc(Nc3ccc(N4CCCCC4)cc3)n(CCC[NH+]3CCCC3)c2c1. The van der Waals surface area contributed by atoms with Gasteiger partial charge in [-0.05, 0) is 86.4 Å². The number of piperidine rings is 1. The van der Waals surface area contributed by atoms with Gasteiger partial charge in [0.15, 0.2) is 0 Å². The van der Waals surface area contributed by atoms with Crippen LogP contribution in [0.1, 0.15) is 89.4 Å². The number of benzene rings is 2. The van der Waals surface area contributed by atoms with Gasteiger partial charge < -0.3 is 24.6 Å². The quantitative estimate of drug-likeness (QED) is 0.230. The molecule has 2 N–H and O–H groups in total. The Morgan fingerprint density at radius 2 is 1.58 bits per heavy atom. The molecule has 2 aliphatic heterocycles. The first-order chi connectivity index (χ1) is 20.9. The summed E-state index contributed by atoms with van der Waals surface area (Å²) in [6, 6.07) is 14.9. The molecule has 0 unspecified atom stereocenters. The number of hydrogen-bond acceptors (Lipinski definition) is 4. The van der Waals surface area contributed by atoms with Crippen molar-refractivity contribution < 1.29 is 9.69 Å².